The Balaban J connectivity index is 1.71. The third-order valence-corrected chi connectivity index (χ3v) is 3.83. The number of hydrogen-bond donors (Lipinski definition) is 3. The van der Waals surface area contributed by atoms with E-state index in [4.69, 9.17) is 0 Å². The van der Waals surface area contributed by atoms with Crippen LogP contribution in [-0.2, 0) is 9.59 Å². The molecule has 0 aromatic heterocycles. The van der Waals surface area contributed by atoms with Gasteiger partial charge in [0.2, 0.25) is 11.8 Å². The lowest BCUT2D eigenvalue weighted by molar-refractivity contribution is -0.121. The van der Waals surface area contributed by atoms with E-state index in [1.807, 2.05) is 24.3 Å². The first-order valence-electron chi connectivity index (χ1n) is 8.04. The Hall–Kier alpha value is -2.04. The first-order chi connectivity index (χ1) is 10.6. The SMILES string of the molecule is CC(=O)Nc1cccc(NCCC(=O)NC2CCCCC2)c1. The van der Waals surface area contributed by atoms with Crippen molar-refractivity contribution in [1.29, 1.82) is 0 Å². The summed E-state index contributed by atoms with van der Waals surface area (Å²) in [4.78, 5) is 22.9. The van der Waals surface area contributed by atoms with E-state index >= 15 is 0 Å². The molecule has 3 N–H and O–H groups in total. The van der Waals surface area contributed by atoms with Crippen LogP contribution in [0.15, 0.2) is 24.3 Å². The van der Waals surface area contributed by atoms with Gasteiger partial charge < -0.3 is 16.0 Å². The van der Waals surface area contributed by atoms with Crippen LogP contribution in [0.2, 0.25) is 0 Å². The molecule has 1 fully saturated rings. The summed E-state index contributed by atoms with van der Waals surface area (Å²) in [5.41, 5.74) is 1.65. The molecule has 0 spiro atoms. The van der Waals surface area contributed by atoms with Crippen molar-refractivity contribution < 1.29 is 9.59 Å². The van der Waals surface area contributed by atoms with Gasteiger partial charge in [0, 0.05) is 37.3 Å². The van der Waals surface area contributed by atoms with Gasteiger partial charge in [-0.15, -0.1) is 0 Å². The molecule has 0 bridgehead atoms. The maximum atomic E-state index is 11.9. The Kier molecular flexibility index (Phi) is 6.25. The lowest BCUT2D eigenvalue weighted by Gasteiger charge is -2.22. The molecular formula is C17H25N3O2. The Labute approximate surface area is 131 Å². The number of hydrogen-bond acceptors (Lipinski definition) is 3. The predicted molar refractivity (Wildman–Crippen MR) is 88.9 cm³/mol. The van der Waals surface area contributed by atoms with Crippen LogP contribution in [-0.4, -0.2) is 24.4 Å². The zero-order valence-corrected chi connectivity index (χ0v) is 13.2. The van der Waals surface area contributed by atoms with Crippen LogP contribution in [0.1, 0.15) is 45.4 Å². The highest BCUT2D eigenvalue weighted by molar-refractivity contribution is 5.89. The van der Waals surface area contributed by atoms with Crippen LogP contribution in [0.3, 0.4) is 0 Å². The smallest absolute Gasteiger partial charge is 0.221 e. The summed E-state index contributed by atoms with van der Waals surface area (Å²) in [7, 11) is 0. The predicted octanol–water partition coefficient (Wildman–Crippen LogP) is 2.90. The molecule has 120 valence electrons. The molecule has 0 radical (unpaired) electrons. The summed E-state index contributed by atoms with van der Waals surface area (Å²) in [5.74, 6) is 0.0152. The average molecular weight is 303 g/mol. The molecule has 0 saturated heterocycles. The number of anilines is 2. The molecule has 2 rings (SSSR count). The van der Waals surface area contributed by atoms with Crippen LogP contribution in [0.4, 0.5) is 11.4 Å². The molecule has 1 aromatic carbocycles. The molecule has 1 aromatic rings. The van der Waals surface area contributed by atoms with Crippen molar-refractivity contribution >= 4 is 23.2 Å². The summed E-state index contributed by atoms with van der Waals surface area (Å²) in [6, 6.07) is 7.85. The van der Waals surface area contributed by atoms with Gasteiger partial charge in [0.15, 0.2) is 0 Å². The number of carbonyl (C=O) groups excluding carboxylic acids is 2. The first-order valence-corrected chi connectivity index (χ1v) is 8.04. The normalized spacial score (nSPS) is 15.1. The Morgan fingerprint density at radius 3 is 2.59 bits per heavy atom. The van der Waals surface area contributed by atoms with Crippen LogP contribution >= 0.6 is 0 Å². The molecule has 2 amide bonds. The molecule has 0 aliphatic heterocycles. The van der Waals surface area contributed by atoms with Crippen molar-refractivity contribution in [2.45, 2.75) is 51.5 Å². The summed E-state index contributed by atoms with van der Waals surface area (Å²) in [6.07, 6.45) is 6.41. The number of rotatable bonds is 6. The van der Waals surface area contributed by atoms with Gasteiger partial charge in [-0.2, -0.15) is 0 Å². The molecule has 5 heteroatoms. The Morgan fingerprint density at radius 1 is 1.14 bits per heavy atom. The van der Waals surface area contributed by atoms with Gasteiger partial charge in [-0.3, -0.25) is 9.59 Å². The zero-order valence-electron chi connectivity index (χ0n) is 13.2. The van der Waals surface area contributed by atoms with E-state index in [2.05, 4.69) is 16.0 Å². The molecule has 0 heterocycles. The fraction of sp³-hybridized carbons (Fsp3) is 0.529. The van der Waals surface area contributed by atoms with Crippen LogP contribution in [0.25, 0.3) is 0 Å². The van der Waals surface area contributed by atoms with Crippen molar-refractivity contribution in [3.63, 3.8) is 0 Å². The quantitative estimate of drug-likeness (QED) is 0.757. The van der Waals surface area contributed by atoms with E-state index in [0.717, 1.165) is 24.2 Å². The standard InChI is InChI=1S/C17H25N3O2/c1-13(21)19-16-9-5-8-15(12-16)18-11-10-17(22)20-14-6-3-2-4-7-14/h5,8-9,12,14,18H,2-4,6-7,10-11H2,1H3,(H,19,21)(H,20,22). The molecule has 22 heavy (non-hydrogen) atoms. The van der Waals surface area contributed by atoms with E-state index in [9.17, 15) is 9.59 Å². The van der Waals surface area contributed by atoms with Crippen LogP contribution < -0.4 is 16.0 Å². The maximum Gasteiger partial charge on any atom is 0.221 e. The fourth-order valence-electron chi connectivity index (χ4n) is 2.78. The molecule has 0 unspecified atom stereocenters. The summed E-state index contributed by atoms with van der Waals surface area (Å²) >= 11 is 0. The lowest BCUT2D eigenvalue weighted by Crippen LogP contribution is -2.36. The second-order valence-corrected chi connectivity index (χ2v) is 5.84. The largest absolute Gasteiger partial charge is 0.384 e. The van der Waals surface area contributed by atoms with Crippen molar-refractivity contribution in [3.05, 3.63) is 24.3 Å². The van der Waals surface area contributed by atoms with E-state index < -0.39 is 0 Å². The zero-order chi connectivity index (χ0) is 15.8. The third-order valence-electron chi connectivity index (χ3n) is 3.83. The first kappa shape index (κ1) is 16.3. The maximum absolute atomic E-state index is 11.9. The summed E-state index contributed by atoms with van der Waals surface area (Å²) in [6.45, 7) is 2.07. The number of benzene rings is 1. The van der Waals surface area contributed by atoms with Gasteiger partial charge in [0.25, 0.3) is 0 Å². The second-order valence-electron chi connectivity index (χ2n) is 5.84. The average Bonchev–Trinajstić information content (AvgIpc) is 2.48. The molecule has 1 aliphatic carbocycles. The van der Waals surface area contributed by atoms with Crippen LogP contribution in [0, 0.1) is 0 Å². The van der Waals surface area contributed by atoms with Gasteiger partial charge in [0.05, 0.1) is 0 Å². The Morgan fingerprint density at radius 2 is 1.86 bits per heavy atom. The monoisotopic (exact) mass is 303 g/mol. The molecular weight excluding hydrogens is 278 g/mol. The van der Waals surface area contributed by atoms with Gasteiger partial charge in [-0.1, -0.05) is 25.3 Å². The third kappa shape index (κ3) is 5.76. The molecule has 5 nitrogen and oxygen atoms in total. The topological polar surface area (TPSA) is 70.2 Å². The minimum absolute atomic E-state index is 0.0935. The van der Waals surface area contributed by atoms with E-state index in [1.54, 1.807) is 0 Å². The van der Waals surface area contributed by atoms with Crippen molar-refractivity contribution in [1.82, 2.24) is 5.32 Å². The van der Waals surface area contributed by atoms with Gasteiger partial charge >= 0.3 is 0 Å². The fourth-order valence-corrected chi connectivity index (χ4v) is 2.78. The minimum atomic E-state index is -0.0935. The van der Waals surface area contributed by atoms with E-state index in [0.29, 0.717) is 19.0 Å². The highest BCUT2D eigenvalue weighted by Crippen LogP contribution is 2.17. The second kappa shape index (κ2) is 8.41. The van der Waals surface area contributed by atoms with Crippen LogP contribution in [0.5, 0.6) is 0 Å². The van der Waals surface area contributed by atoms with E-state index in [-0.39, 0.29) is 11.8 Å². The molecule has 0 atom stereocenters. The van der Waals surface area contributed by atoms with Crippen molar-refractivity contribution in [2.24, 2.45) is 0 Å². The minimum Gasteiger partial charge on any atom is -0.384 e. The highest BCUT2D eigenvalue weighted by Gasteiger charge is 2.15. The van der Waals surface area contributed by atoms with Crippen molar-refractivity contribution in [2.75, 3.05) is 17.2 Å². The summed E-state index contributed by atoms with van der Waals surface area (Å²) < 4.78 is 0. The van der Waals surface area contributed by atoms with Crippen molar-refractivity contribution in [3.8, 4) is 0 Å². The molecule has 1 aliphatic rings. The van der Waals surface area contributed by atoms with E-state index in [1.165, 1.54) is 26.2 Å². The number of carbonyl (C=O) groups is 2. The number of nitrogens with one attached hydrogen (secondary N) is 3. The van der Waals surface area contributed by atoms with Gasteiger partial charge in [-0.25, -0.2) is 0 Å². The van der Waals surface area contributed by atoms with Gasteiger partial charge in [0.1, 0.15) is 0 Å². The summed E-state index contributed by atoms with van der Waals surface area (Å²) in [5, 5.41) is 9.06. The van der Waals surface area contributed by atoms with Gasteiger partial charge in [-0.05, 0) is 31.0 Å². The molecule has 1 saturated carbocycles. The Bertz CT molecular complexity index is 510. The lowest BCUT2D eigenvalue weighted by atomic mass is 9.95. The number of amides is 2. The highest BCUT2D eigenvalue weighted by atomic mass is 16.2.